The molecule has 1 fully saturated rings. The lowest BCUT2D eigenvalue weighted by atomic mass is 9.87. The Kier molecular flexibility index (Phi) is 6.51. The van der Waals surface area contributed by atoms with Crippen molar-refractivity contribution in [3.05, 3.63) is 29.8 Å². The van der Waals surface area contributed by atoms with Crippen molar-refractivity contribution >= 4 is 15.9 Å². The Morgan fingerprint density at radius 2 is 1.65 bits per heavy atom. The Labute approximate surface area is 158 Å². The summed E-state index contributed by atoms with van der Waals surface area (Å²) in [6.07, 6.45) is 2.47. The number of carbonyl (C=O) groups is 1. The summed E-state index contributed by atoms with van der Waals surface area (Å²) in [4.78, 5) is 14.8. The van der Waals surface area contributed by atoms with Crippen molar-refractivity contribution in [3.63, 3.8) is 0 Å². The van der Waals surface area contributed by atoms with Gasteiger partial charge in [-0.25, -0.2) is 8.42 Å². The number of carbonyl (C=O) groups excluding carboxylic acids is 1. The number of sulfonamides is 1. The van der Waals surface area contributed by atoms with Crippen LogP contribution in [0.4, 0.5) is 0 Å². The van der Waals surface area contributed by atoms with Crippen LogP contribution in [0.15, 0.2) is 29.2 Å². The van der Waals surface area contributed by atoms with Gasteiger partial charge in [0, 0.05) is 13.1 Å². The van der Waals surface area contributed by atoms with E-state index >= 15 is 0 Å². The summed E-state index contributed by atoms with van der Waals surface area (Å²) in [5.74, 6) is 0.114. The molecule has 26 heavy (non-hydrogen) atoms. The molecule has 1 aliphatic rings. The van der Waals surface area contributed by atoms with Crippen LogP contribution in [0.1, 0.15) is 59.4 Å². The average molecular weight is 381 g/mol. The summed E-state index contributed by atoms with van der Waals surface area (Å²) in [7, 11) is -3.74. The minimum Gasteiger partial charge on any atom is -0.341 e. The average Bonchev–Trinajstić information content (AvgIpc) is 3.06. The Hall–Kier alpha value is -1.40. The quantitative estimate of drug-likeness (QED) is 0.823. The first-order valence-corrected chi connectivity index (χ1v) is 10.9. The highest BCUT2D eigenvalue weighted by Crippen LogP contribution is 2.24. The maximum atomic E-state index is 12.8. The number of amides is 1. The number of benzene rings is 1. The third-order valence-corrected chi connectivity index (χ3v) is 6.24. The normalized spacial score (nSPS) is 16.9. The molecule has 0 unspecified atom stereocenters. The zero-order chi connectivity index (χ0) is 19.5. The van der Waals surface area contributed by atoms with E-state index < -0.39 is 16.1 Å². The van der Waals surface area contributed by atoms with Crippen LogP contribution in [0, 0.1) is 5.92 Å². The summed E-state index contributed by atoms with van der Waals surface area (Å²) in [6.45, 7) is 11.7. The van der Waals surface area contributed by atoms with E-state index in [1.165, 1.54) is 0 Å². The SMILES string of the molecule is CC(C)C[C@@H](NS(=O)(=O)c1ccc(C(C)(C)C)cc1)C(=O)N1CCCC1. The van der Waals surface area contributed by atoms with Crippen LogP contribution >= 0.6 is 0 Å². The van der Waals surface area contributed by atoms with Crippen LogP contribution < -0.4 is 4.72 Å². The molecule has 1 amide bonds. The summed E-state index contributed by atoms with van der Waals surface area (Å²) in [5, 5.41) is 0. The Morgan fingerprint density at radius 1 is 1.12 bits per heavy atom. The molecule has 1 aromatic rings. The van der Waals surface area contributed by atoms with E-state index in [2.05, 4.69) is 25.5 Å². The van der Waals surface area contributed by atoms with Crippen molar-refractivity contribution in [2.45, 2.75) is 70.2 Å². The van der Waals surface area contributed by atoms with Crippen LogP contribution in [0.2, 0.25) is 0 Å². The molecule has 0 radical (unpaired) electrons. The van der Waals surface area contributed by atoms with Crippen molar-refractivity contribution in [2.24, 2.45) is 5.92 Å². The van der Waals surface area contributed by atoms with Gasteiger partial charge in [-0.2, -0.15) is 4.72 Å². The monoisotopic (exact) mass is 380 g/mol. The van der Waals surface area contributed by atoms with E-state index in [1.54, 1.807) is 17.0 Å². The Morgan fingerprint density at radius 3 is 2.12 bits per heavy atom. The molecule has 1 aliphatic heterocycles. The number of hydrogen-bond acceptors (Lipinski definition) is 3. The van der Waals surface area contributed by atoms with Crippen LogP contribution in [-0.4, -0.2) is 38.4 Å². The highest BCUT2D eigenvalue weighted by Gasteiger charge is 2.31. The molecule has 0 aromatic heterocycles. The minimum absolute atomic E-state index is 0.0401. The van der Waals surface area contributed by atoms with E-state index in [0.717, 1.165) is 31.5 Å². The highest BCUT2D eigenvalue weighted by molar-refractivity contribution is 7.89. The lowest BCUT2D eigenvalue weighted by Gasteiger charge is -2.25. The van der Waals surface area contributed by atoms with Gasteiger partial charge in [-0.3, -0.25) is 4.79 Å². The van der Waals surface area contributed by atoms with Crippen molar-refractivity contribution < 1.29 is 13.2 Å². The van der Waals surface area contributed by atoms with Crippen LogP contribution in [0.25, 0.3) is 0 Å². The Bertz CT molecular complexity index is 712. The van der Waals surface area contributed by atoms with Crippen molar-refractivity contribution in [1.82, 2.24) is 9.62 Å². The molecule has 1 N–H and O–H groups in total. The molecule has 5 nitrogen and oxygen atoms in total. The van der Waals surface area contributed by atoms with Gasteiger partial charge >= 0.3 is 0 Å². The maximum absolute atomic E-state index is 12.8. The molecule has 1 aromatic carbocycles. The van der Waals surface area contributed by atoms with Crippen LogP contribution in [0.5, 0.6) is 0 Å². The van der Waals surface area contributed by atoms with Gasteiger partial charge in [0.1, 0.15) is 6.04 Å². The molecular weight excluding hydrogens is 348 g/mol. The third kappa shape index (κ3) is 5.30. The first kappa shape index (κ1) is 20.9. The molecule has 2 rings (SSSR count). The maximum Gasteiger partial charge on any atom is 0.241 e. The van der Waals surface area contributed by atoms with E-state index in [-0.39, 0.29) is 22.1 Å². The fraction of sp³-hybridized carbons (Fsp3) is 0.650. The molecule has 0 aliphatic carbocycles. The number of likely N-dealkylation sites (tertiary alicyclic amines) is 1. The van der Waals surface area contributed by atoms with Gasteiger partial charge in [0.05, 0.1) is 4.90 Å². The predicted octanol–water partition coefficient (Wildman–Crippen LogP) is 3.30. The van der Waals surface area contributed by atoms with Gasteiger partial charge in [-0.05, 0) is 48.3 Å². The number of rotatable bonds is 6. The first-order chi connectivity index (χ1) is 12.0. The van der Waals surface area contributed by atoms with Crippen molar-refractivity contribution in [2.75, 3.05) is 13.1 Å². The number of nitrogens with one attached hydrogen (secondary N) is 1. The fourth-order valence-electron chi connectivity index (χ4n) is 3.22. The van der Waals surface area contributed by atoms with E-state index in [9.17, 15) is 13.2 Å². The lowest BCUT2D eigenvalue weighted by molar-refractivity contribution is -0.132. The van der Waals surface area contributed by atoms with E-state index in [0.29, 0.717) is 6.42 Å². The van der Waals surface area contributed by atoms with Crippen molar-refractivity contribution in [1.29, 1.82) is 0 Å². The molecule has 1 atom stereocenters. The topological polar surface area (TPSA) is 66.5 Å². The molecule has 0 bridgehead atoms. The second kappa shape index (κ2) is 8.09. The largest absolute Gasteiger partial charge is 0.341 e. The second-order valence-electron chi connectivity index (χ2n) is 8.61. The minimum atomic E-state index is -3.74. The van der Waals surface area contributed by atoms with Crippen molar-refractivity contribution in [3.8, 4) is 0 Å². The standard InChI is InChI=1S/C20H32N2O3S/c1-15(2)14-18(19(23)22-12-6-7-13-22)21-26(24,25)17-10-8-16(9-11-17)20(3,4)5/h8-11,15,18,21H,6-7,12-14H2,1-5H3/t18-/m1/s1. The van der Waals surface area contributed by atoms with Gasteiger partial charge < -0.3 is 4.90 Å². The Balaban J connectivity index is 2.20. The molecule has 146 valence electrons. The molecule has 0 saturated carbocycles. The summed E-state index contributed by atoms with van der Waals surface area (Å²) in [5.41, 5.74) is 1.03. The van der Waals surface area contributed by atoms with Gasteiger partial charge in [-0.15, -0.1) is 0 Å². The number of nitrogens with zero attached hydrogens (tertiary/aromatic N) is 1. The van der Waals surface area contributed by atoms with Gasteiger partial charge in [0.25, 0.3) is 0 Å². The summed E-state index contributed by atoms with van der Waals surface area (Å²) in [6, 6.07) is 6.22. The zero-order valence-corrected chi connectivity index (χ0v) is 17.4. The second-order valence-corrected chi connectivity index (χ2v) is 10.3. The van der Waals surface area contributed by atoms with E-state index in [1.807, 2.05) is 26.0 Å². The van der Waals surface area contributed by atoms with Gasteiger partial charge in [-0.1, -0.05) is 46.8 Å². The highest BCUT2D eigenvalue weighted by atomic mass is 32.2. The van der Waals surface area contributed by atoms with Crippen LogP contribution in [0.3, 0.4) is 0 Å². The van der Waals surface area contributed by atoms with Gasteiger partial charge in [0.2, 0.25) is 15.9 Å². The molecular formula is C20H32N2O3S. The zero-order valence-electron chi connectivity index (χ0n) is 16.6. The number of hydrogen-bond donors (Lipinski definition) is 1. The molecule has 0 spiro atoms. The van der Waals surface area contributed by atoms with Crippen LogP contribution in [-0.2, 0) is 20.2 Å². The third-order valence-electron chi connectivity index (χ3n) is 4.75. The summed E-state index contributed by atoms with van der Waals surface area (Å²) >= 11 is 0. The summed E-state index contributed by atoms with van der Waals surface area (Å²) < 4.78 is 28.3. The molecule has 1 heterocycles. The predicted molar refractivity (Wildman–Crippen MR) is 105 cm³/mol. The fourth-order valence-corrected chi connectivity index (χ4v) is 4.42. The molecule has 1 saturated heterocycles. The molecule has 6 heteroatoms. The first-order valence-electron chi connectivity index (χ1n) is 9.42. The lowest BCUT2D eigenvalue weighted by Crippen LogP contribution is -2.48. The van der Waals surface area contributed by atoms with Gasteiger partial charge in [0.15, 0.2) is 0 Å². The van der Waals surface area contributed by atoms with E-state index in [4.69, 9.17) is 0 Å². The smallest absolute Gasteiger partial charge is 0.241 e.